The number of hydrogen-bond donors (Lipinski definition) is 1. The molecule has 0 amide bonds. The van der Waals surface area contributed by atoms with E-state index in [-0.39, 0.29) is 12.6 Å². The standard InChI is InChI=1S/C14H18N4O4S/c19-23(20,15-9-13-16-14(17-22-13)10-5-6-10)18-7-1-3-11(18)12-4-2-8-21-12/h2,4,8,10-11,15H,1,3,5-7,9H2. The van der Waals surface area contributed by atoms with Gasteiger partial charge in [-0.25, -0.2) is 0 Å². The number of nitrogens with zero attached hydrogens (tertiary/aromatic N) is 3. The van der Waals surface area contributed by atoms with Crippen LogP contribution in [-0.2, 0) is 16.8 Å². The van der Waals surface area contributed by atoms with E-state index in [4.69, 9.17) is 8.94 Å². The van der Waals surface area contributed by atoms with Crippen LogP contribution in [0, 0.1) is 0 Å². The fraction of sp³-hybridized carbons (Fsp3) is 0.571. The lowest BCUT2D eigenvalue weighted by molar-refractivity contribution is 0.331. The maximum atomic E-state index is 12.5. The molecule has 1 aliphatic heterocycles. The van der Waals surface area contributed by atoms with Gasteiger partial charge in [0.1, 0.15) is 5.76 Å². The van der Waals surface area contributed by atoms with E-state index in [2.05, 4.69) is 14.9 Å². The molecule has 23 heavy (non-hydrogen) atoms. The van der Waals surface area contributed by atoms with Crippen molar-refractivity contribution < 1.29 is 17.4 Å². The summed E-state index contributed by atoms with van der Waals surface area (Å²) < 4.78 is 39.5. The molecule has 0 spiro atoms. The topological polar surface area (TPSA) is 101 Å². The monoisotopic (exact) mass is 338 g/mol. The van der Waals surface area contributed by atoms with Crippen molar-refractivity contribution in [1.29, 1.82) is 0 Å². The first-order valence-electron chi connectivity index (χ1n) is 7.76. The van der Waals surface area contributed by atoms with Gasteiger partial charge in [-0.15, -0.1) is 0 Å². The summed E-state index contributed by atoms with van der Waals surface area (Å²) >= 11 is 0. The van der Waals surface area contributed by atoms with Gasteiger partial charge in [0.2, 0.25) is 5.89 Å². The summed E-state index contributed by atoms with van der Waals surface area (Å²) in [5, 5.41) is 3.88. The number of furan rings is 1. The normalized spacial score (nSPS) is 22.7. The second-order valence-electron chi connectivity index (χ2n) is 5.93. The molecular formula is C14H18N4O4S. The molecule has 1 saturated heterocycles. The number of hydrogen-bond acceptors (Lipinski definition) is 6. The summed E-state index contributed by atoms with van der Waals surface area (Å²) in [7, 11) is -3.63. The minimum Gasteiger partial charge on any atom is -0.468 e. The fourth-order valence-corrected chi connectivity index (χ4v) is 4.26. The number of rotatable bonds is 6. The average Bonchev–Trinajstić information content (AvgIpc) is 3.03. The van der Waals surface area contributed by atoms with Crippen LogP contribution >= 0.6 is 0 Å². The Bertz CT molecular complexity index is 767. The first-order valence-corrected chi connectivity index (χ1v) is 9.20. The molecule has 9 heteroatoms. The van der Waals surface area contributed by atoms with Gasteiger partial charge in [0, 0.05) is 12.5 Å². The van der Waals surface area contributed by atoms with Gasteiger partial charge in [-0.1, -0.05) is 5.16 Å². The first kappa shape index (κ1) is 14.9. The lowest BCUT2D eigenvalue weighted by atomic mass is 10.2. The molecule has 0 bridgehead atoms. The van der Waals surface area contributed by atoms with Crippen LogP contribution in [-0.4, -0.2) is 29.4 Å². The van der Waals surface area contributed by atoms with Crippen LogP contribution in [0.25, 0.3) is 0 Å². The molecule has 0 radical (unpaired) electrons. The van der Waals surface area contributed by atoms with Crippen LogP contribution in [0.15, 0.2) is 27.3 Å². The van der Waals surface area contributed by atoms with Crippen molar-refractivity contribution in [3.8, 4) is 0 Å². The molecule has 1 unspecified atom stereocenters. The highest BCUT2D eigenvalue weighted by Crippen LogP contribution is 2.38. The molecule has 2 aliphatic rings. The zero-order valence-corrected chi connectivity index (χ0v) is 13.3. The Morgan fingerprint density at radius 1 is 1.35 bits per heavy atom. The van der Waals surface area contributed by atoms with Crippen molar-refractivity contribution >= 4 is 10.2 Å². The summed E-state index contributed by atoms with van der Waals surface area (Å²) in [6.07, 6.45) is 5.26. The molecule has 2 fully saturated rings. The summed E-state index contributed by atoms with van der Waals surface area (Å²) in [4.78, 5) is 4.23. The zero-order chi connectivity index (χ0) is 15.9. The predicted molar refractivity (Wildman–Crippen MR) is 79.4 cm³/mol. The molecule has 0 aromatic carbocycles. The Labute approximate surface area is 134 Å². The van der Waals surface area contributed by atoms with Crippen LogP contribution in [0.2, 0.25) is 0 Å². The van der Waals surface area contributed by atoms with Crippen molar-refractivity contribution in [2.45, 2.75) is 44.2 Å². The molecule has 8 nitrogen and oxygen atoms in total. The van der Waals surface area contributed by atoms with Gasteiger partial charge in [-0.3, -0.25) is 0 Å². The number of aromatic nitrogens is 2. The minimum atomic E-state index is -3.63. The van der Waals surface area contributed by atoms with E-state index < -0.39 is 10.2 Å². The van der Waals surface area contributed by atoms with E-state index in [1.807, 2.05) is 0 Å². The summed E-state index contributed by atoms with van der Waals surface area (Å²) in [5.74, 6) is 2.02. The van der Waals surface area contributed by atoms with Gasteiger partial charge in [-0.05, 0) is 37.8 Å². The van der Waals surface area contributed by atoms with E-state index in [0.29, 0.717) is 29.9 Å². The predicted octanol–water partition coefficient (Wildman–Crippen LogP) is 1.71. The quantitative estimate of drug-likeness (QED) is 0.860. The largest absolute Gasteiger partial charge is 0.468 e. The molecule has 2 aromatic rings. The Kier molecular flexibility index (Phi) is 3.70. The zero-order valence-electron chi connectivity index (χ0n) is 12.5. The maximum absolute atomic E-state index is 12.5. The lowest BCUT2D eigenvalue weighted by Gasteiger charge is -2.22. The van der Waals surface area contributed by atoms with Crippen LogP contribution < -0.4 is 4.72 Å². The van der Waals surface area contributed by atoms with Crippen LogP contribution in [0.3, 0.4) is 0 Å². The van der Waals surface area contributed by atoms with Gasteiger partial charge in [0.25, 0.3) is 10.2 Å². The van der Waals surface area contributed by atoms with Crippen molar-refractivity contribution in [3.63, 3.8) is 0 Å². The second-order valence-corrected chi connectivity index (χ2v) is 7.64. The van der Waals surface area contributed by atoms with E-state index in [1.165, 1.54) is 4.31 Å². The molecule has 1 aliphatic carbocycles. The smallest absolute Gasteiger partial charge is 0.280 e. The molecule has 1 atom stereocenters. The maximum Gasteiger partial charge on any atom is 0.280 e. The Morgan fingerprint density at radius 3 is 2.96 bits per heavy atom. The van der Waals surface area contributed by atoms with E-state index in [1.54, 1.807) is 18.4 Å². The molecule has 1 N–H and O–H groups in total. The van der Waals surface area contributed by atoms with Gasteiger partial charge in [0.05, 0.1) is 18.8 Å². The summed E-state index contributed by atoms with van der Waals surface area (Å²) in [6.45, 7) is 0.473. The van der Waals surface area contributed by atoms with E-state index in [9.17, 15) is 8.42 Å². The highest BCUT2D eigenvalue weighted by Gasteiger charge is 2.37. The van der Waals surface area contributed by atoms with Gasteiger partial charge in [-0.2, -0.15) is 22.4 Å². The van der Waals surface area contributed by atoms with Gasteiger partial charge in [0.15, 0.2) is 5.82 Å². The Morgan fingerprint density at radius 2 is 2.22 bits per heavy atom. The fourth-order valence-electron chi connectivity index (χ4n) is 2.88. The third kappa shape index (κ3) is 3.04. The van der Waals surface area contributed by atoms with Gasteiger partial charge < -0.3 is 8.94 Å². The molecule has 124 valence electrons. The second kappa shape index (κ2) is 5.73. The van der Waals surface area contributed by atoms with Crippen molar-refractivity contribution in [3.05, 3.63) is 35.9 Å². The lowest BCUT2D eigenvalue weighted by Crippen LogP contribution is -2.39. The first-order chi connectivity index (χ1) is 11.1. The van der Waals surface area contributed by atoms with Crippen molar-refractivity contribution in [1.82, 2.24) is 19.2 Å². The summed E-state index contributed by atoms with van der Waals surface area (Å²) in [6, 6.07) is 3.31. The van der Waals surface area contributed by atoms with Gasteiger partial charge >= 0.3 is 0 Å². The van der Waals surface area contributed by atoms with Crippen molar-refractivity contribution in [2.75, 3.05) is 6.54 Å². The Hall–Kier alpha value is -1.71. The number of nitrogens with one attached hydrogen (secondary N) is 1. The Balaban J connectivity index is 1.44. The minimum absolute atomic E-state index is 0.00340. The SMILES string of the molecule is O=S(=O)(NCc1nc(C2CC2)no1)N1CCCC1c1ccco1. The third-order valence-corrected chi connectivity index (χ3v) is 5.78. The highest BCUT2D eigenvalue weighted by atomic mass is 32.2. The molecule has 1 saturated carbocycles. The van der Waals surface area contributed by atoms with E-state index >= 15 is 0 Å². The molecule has 4 rings (SSSR count). The van der Waals surface area contributed by atoms with Crippen LogP contribution in [0.5, 0.6) is 0 Å². The van der Waals surface area contributed by atoms with E-state index in [0.717, 1.165) is 25.7 Å². The third-order valence-electron chi connectivity index (χ3n) is 4.22. The summed E-state index contributed by atoms with van der Waals surface area (Å²) in [5.41, 5.74) is 0. The van der Waals surface area contributed by atoms with Crippen LogP contribution in [0.1, 0.15) is 55.1 Å². The average molecular weight is 338 g/mol. The highest BCUT2D eigenvalue weighted by molar-refractivity contribution is 7.87. The van der Waals surface area contributed by atoms with Crippen LogP contribution in [0.4, 0.5) is 0 Å². The molecule has 3 heterocycles. The van der Waals surface area contributed by atoms with Crippen molar-refractivity contribution in [2.24, 2.45) is 0 Å². The molecule has 2 aromatic heterocycles. The molecular weight excluding hydrogens is 320 g/mol.